The molecule has 0 saturated carbocycles. The van der Waals surface area contributed by atoms with Gasteiger partial charge in [-0.05, 0) is 48.6 Å². The maximum Gasteiger partial charge on any atom is 0.119 e. The minimum Gasteiger partial charge on any atom is -0.489 e. The summed E-state index contributed by atoms with van der Waals surface area (Å²) in [5, 5.41) is 0. The van der Waals surface area contributed by atoms with Gasteiger partial charge in [-0.15, -0.1) is 0 Å². The van der Waals surface area contributed by atoms with Gasteiger partial charge in [0.25, 0.3) is 0 Å². The number of benzene rings is 2. The van der Waals surface area contributed by atoms with Gasteiger partial charge in [-0.2, -0.15) is 0 Å². The first-order valence-corrected chi connectivity index (χ1v) is 9.80. The zero-order valence-corrected chi connectivity index (χ0v) is 16.1. The van der Waals surface area contributed by atoms with Gasteiger partial charge in [0.1, 0.15) is 12.4 Å². The van der Waals surface area contributed by atoms with E-state index in [0.29, 0.717) is 18.6 Å². The molecule has 1 aliphatic heterocycles. The lowest BCUT2D eigenvalue weighted by molar-refractivity contribution is -0.0246. The first-order chi connectivity index (χ1) is 12.7. The molecule has 1 saturated heterocycles. The Labute approximate surface area is 157 Å². The van der Waals surface area contributed by atoms with E-state index < -0.39 is 0 Å². The SMILES string of the molecule is CC(C)[C@@H]1COCCN1CCCc1ccc(COc2ccccc2)cc1. The Kier molecular flexibility index (Phi) is 7.10. The second-order valence-corrected chi connectivity index (χ2v) is 7.44. The molecular formula is C23H31NO2. The second kappa shape index (κ2) is 9.75. The lowest BCUT2D eigenvalue weighted by Gasteiger charge is -2.38. The summed E-state index contributed by atoms with van der Waals surface area (Å²) >= 11 is 0. The number of nitrogens with zero attached hydrogens (tertiary/aromatic N) is 1. The number of ether oxygens (including phenoxy) is 2. The molecule has 0 unspecified atom stereocenters. The Morgan fingerprint density at radius 2 is 1.77 bits per heavy atom. The minimum absolute atomic E-state index is 0.571. The van der Waals surface area contributed by atoms with E-state index >= 15 is 0 Å². The van der Waals surface area contributed by atoms with Crippen molar-refractivity contribution in [1.29, 1.82) is 0 Å². The van der Waals surface area contributed by atoms with Crippen molar-refractivity contribution in [2.24, 2.45) is 5.92 Å². The summed E-state index contributed by atoms with van der Waals surface area (Å²) in [5.41, 5.74) is 2.62. The van der Waals surface area contributed by atoms with Gasteiger partial charge in [0, 0.05) is 12.6 Å². The highest BCUT2D eigenvalue weighted by Gasteiger charge is 2.24. The number of hydrogen-bond donors (Lipinski definition) is 0. The summed E-state index contributed by atoms with van der Waals surface area (Å²) in [6.07, 6.45) is 2.32. The number of para-hydroxylation sites is 1. The van der Waals surface area contributed by atoms with Gasteiger partial charge in [-0.25, -0.2) is 0 Å². The van der Waals surface area contributed by atoms with Crippen molar-refractivity contribution < 1.29 is 9.47 Å². The maximum atomic E-state index is 5.81. The number of morpholine rings is 1. The molecule has 26 heavy (non-hydrogen) atoms. The summed E-state index contributed by atoms with van der Waals surface area (Å²) in [4.78, 5) is 2.61. The third-order valence-corrected chi connectivity index (χ3v) is 5.13. The predicted octanol–water partition coefficient (Wildman–Crippen LogP) is 4.56. The van der Waals surface area contributed by atoms with Crippen LogP contribution in [0.2, 0.25) is 0 Å². The lowest BCUT2D eigenvalue weighted by atomic mass is 10.0. The van der Waals surface area contributed by atoms with Crippen molar-refractivity contribution in [3.05, 3.63) is 65.7 Å². The van der Waals surface area contributed by atoms with Gasteiger partial charge < -0.3 is 9.47 Å². The molecule has 140 valence electrons. The Morgan fingerprint density at radius 3 is 2.50 bits per heavy atom. The van der Waals surface area contributed by atoms with Crippen molar-refractivity contribution in [2.45, 2.75) is 39.3 Å². The van der Waals surface area contributed by atoms with Crippen molar-refractivity contribution in [3.8, 4) is 5.75 Å². The number of aryl methyl sites for hydroxylation is 1. The van der Waals surface area contributed by atoms with Crippen LogP contribution in [0.1, 0.15) is 31.4 Å². The summed E-state index contributed by atoms with van der Waals surface area (Å²) < 4.78 is 11.5. The molecule has 3 rings (SSSR count). The zero-order chi connectivity index (χ0) is 18.2. The number of rotatable bonds is 8. The first-order valence-electron chi connectivity index (χ1n) is 9.80. The van der Waals surface area contributed by atoms with E-state index in [1.54, 1.807) is 0 Å². The van der Waals surface area contributed by atoms with E-state index in [-0.39, 0.29) is 0 Å². The third-order valence-electron chi connectivity index (χ3n) is 5.13. The number of hydrogen-bond acceptors (Lipinski definition) is 3. The topological polar surface area (TPSA) is 21.7 Å². The van der Waals surface area contributed by atoms with E-state index in [1.807, 2.05) is 30.3 Å². The van der Waals surface area contributed by atoms with Crippen LogP contribution in [0.3, 0.4) is 0 Å². The lowest BCUT2D eigenvalue weighted by Crippen LogP contribution is -2.48. The standard InChI is InChI=1S/C23H31NO2/c1-19(2)23-18-25-16-15-24(23)14-6-7-20-10-12-21(13-11-20)17-26-22-8-4-3-5-9-22/h3-5,8-13,19,23H,6-7,14-18H2,1-2H3/t23-/m0/s1. The van der Waals surface area contributed by atoms with Gasteiger partial charge >= 0.3 is 0 Å². The van der Waals surface area contributed by atoms with Crippen LogP contribution in [0.4, 0.5) is 0 Å². The molecule has 0 amide bonds. The van der Waals surface area contributed by atoms with Crippen LogP contribution < -0.4 is 4.74 Å². The average Bonchev–Trinajstić information content (AvgIpc) is 2.68. The van der Waals surface area contributed by atoms with Crippen LogP contribution in [0.25, 0.3) is 0 Å². The van der Waals surface area contributed by atoms with Crippen LogP contribution in [-0.2, 0) is 17.8 Å². The normalized spacial score (nSPS) is 18.2. The highest BCUT2D eigenvalue weighted by atomic mass is 16.5. The van der Waals surface area contributed by atoms with Crippen LogP contribution in [0.5, 0.6) is 5.75 Å². The fourth-order valence-electron chi connectivity index (χ4n) is 3.52. The molecule has 0 aromatic heterocycles. The first kappa shape index (κ1) is 18.9. The molecule has 0 aliphatic carbocycles. The fourth-order valence-corrected chi connectivity index (χ4v) is 3.52. The van der Waals surface area contributed by atoms with Crippen molar-refractivity contribution in [3.63, 3.8) is 0 Å². The Balaban J connectivity index is 1.42. The van der Waals surface area contributed by atoms with E-state index in [9.17, 15) is 0 Å². The van der Waals surface area contributed by atoms with Crippen molar-refractivity contribution in [2.75, 3.05) is 26.3 Å². The molecule has 2 aromatic carbocycles. The molecule has 3 nitrogen and oxygen atoms in total. The molecule has 1 heterocycles. The Bertz CT molecular complexity index is 639. The van der Waals surface area contributed by atoms with Crippen LogP contribution in [0.15, 0.2) is 54.6 Å². The van der Waals surface area contributed by atoms with Gasteiger partial charge in [0.2, 0.25) is 0 Å². The molecule has 0 spiro atoms. The molecule has 0 radical (unpaired) electrons. The quantitative estimate of drug-likeness (QED) is 0.695. The largest absolute Gasteiger partial charge is 0.489 e. The van der Waals surface area contributed by atoms with Gasteiger partial charge in [-0.1, -0.05) is 56.3 Å². The molecule has 1 aliphatic rings. The van der Waals surface area contributed by atoms with Gasteiger partial charge in [-0.3, -0.25) is 4.90 Å². The second-order valence-electron chi connectivity index (χ2n) is 7.44. The molecule has 2 aromatic rings. The van der Waals surface area contributed by atoms with Crippen LogP contribution in [-0.4, -0.2) is 37.2 Å². The average molecular weight is 354 g/mol. The van der Waals surface area contributed by atoms with Crippen molar-refractivity contribution >= 4 is 0 Å². The van der Waals surface area contributed by atoms with Crippen molar-refractivity contribution in [1.82, 2.24) is 4.90 Å². The highest BCUT2D eigenvalue weighted by molar-refractivity contribution is 5.24. The van der Waals surface area contributed by atoms with E-state index in [1.165, 1.54) is 17.5 Å². The smallest absolute Gasteiger partial charge is 0.119 e. The molecule has 0 bridgehead atoms. The molecule has 3 heteroatoms. The molecule has 1 fully saturated rings. The molecule has 0 N–H and O–H groups in total. The Hall–Kier alpha value is -1.84. The zero-order valence-electron chi connectivity index (χ0n) is 16.1. The monoisotopic (exact) mass is 353 g/mol. The summed E-state index contributed by atoms with van der Waals surface area (Å²) in [6.45, 7) is 9.19. The molecular weight excluding hydrogens is 322 g/mol. The Morgan fingerprint density at radius 1 is 1.04 bits per heavy atom. The van der Waals surface area contributed by atoms with E-state index in [4.69, 9.17) is 9.47 Å². The summed E-state index contributed by atoms with van der Waals surface area (Å²) in [5.74, 6) is 1.57. The van der Waals surface area contributed by atoms with Gasteiger partial charge in [0.05, 0.1) is 13.2 Å². The van der Waals surface area contributed by atoms with Crippen LogP contribution in [0, 0.1) is 5.92 Å². The maximum absolute atomic E-state index is 5.81. The molecule has 1 atom stereocenters. The van der Waals surface area contributed by atoms with E-state index in [0.717, 1.165) is 38.5 Å². The highest BCUT2D eigenvalue weighted by Crippen LogP contribution is 2.17. The van der Waals surface area contributed by atoms with E-state index in [2.05, 4.69) is 43.0 Å². The third kappa shape index (κ3) is 5.58. The predicted molar refractivity (Wildman–Crippen MR) is 107 cm³/mol. The van der Waals surface area contributed by atoms with Crippen LogP contribution >= 0.6 is 0 Å². The summed E-state index contributed by atoms with van der Waals surface area (Å²) in [7, 11) is 0. The summed E-state index contributed by atoms with van der Waals surface area (Å²) in [6, 6.07) is 19.4. The fraction of sp³-hybridized carbons (Fsp3) is 0.478. The van der Waals surface area contributed by atoms with Gasteiger partial charge in [0.15, 0.2) is 0 Å². The minimum atomic E-state index is 0.571.